The molecule has 0 fully saturated rings. The number of rotatable bonds is 3. The molecule has 0 amide bonds. The summed E-state index contributed by atoms with van der Waals surface area (Å²) in [5.41, 5.74) is 7.18. The largest absolute Gasteiger partial charge is 0.0746 e. The number of hydrogen-bond donors (Lipinski definition) is 0. The Labute approximate surface area is 79.9 Å². The van der Waals surface area contributed by atoms with Crippen LogP contribution in [-0.2, 0) is 0 Å². The first-order valence-electron chi connectivity index (χ1n) is 4.64. The zero-order valence-corrected chi connectivity index (χ0v) is 7.96. The predicted molar refractivity (Wildman–Crippen MR) is 57.4 cm³/mol. The Balaban J connectivity index is 2.63. The van der Waals surface area contributed by atoms with Crippen molar-refractivity contribution in [2.75, 3.05) is 0 Å². The second-order valence-electron chi connectivity index (χ2n) is 2.84. The topological polar surface area (TPSA) is 0 Å². The first-order valence-corrected chi connectivity index (χ1v) is 4.64. The van der Waals surface area contributed by atoms with Crippen LogP contribution < -0.4 is 0 Å². The van der Waals surface area contributed by atoms with Crippen molar-refractivity contribution in [1.82, 2.24) is 0 Å². The Morgan fingerprint density at radius 2 is 1.92 bits per heavy atom. The average molecular weight is 170 g/mol. The molecule has 0 heteroatoms. The summed E-state index contributed by atoms with van der Waals surface area (Å²) >= 11 is 0. The van der Waals surface area contributed by atoms with E-state index in [4.69, 9.17) is 0 Å². The van der Waals surface area contributed by atoms with Crippen molar-refractivity contribution < 1.29 is 0 Å². The summed E-state index contributed by atoms with van der Waals surface area (Å²) < 4.78 is 0. The van der Waals surface area contributed by atoms with Gasteiger partial charge in [-0.25, -0.2) is 0 Å². The van der Waals surface area contributed by atoms with Crippen LogP contribution in [0.15, 0.2) is 47.9 Å². The van der Waals surface area contributed by atoms with Gasteiger partial charge in [0, 0.05) is 0 Å². The Hall–Kier alpha value is -1.48. The standard InChI is InChI=1S/C13H14/c1-2-3-4-5-7-10-13-11-8-6-9-12-13/h4,6,8-12H,2-3H2,1H3. The monoisotopic (exact) mass is 170 g/mol. The van der Waals surface area contributed by atoms with Crippen LogP contribution in [0.1, 0.15) is 25.3 Å². The van der Waals surface area contributed by atoms with Crippen molar-refractivity contribution in [3.05, 3.63) is 53.4 Å². The van der Waals surface area contributed by atoms with Crippen molar-refractivity contribution in [3.63, 3.8) is 0 Å². The van der Waals surface area contributed by atoms with E-state index < -0.39 is 0 Å². The third kappa shape index (κ3) is 4.18. The van der Waals surface area contributed by atoms with E-state index in [1.54, 1.807) is 0 Å². The van der Waals surface area contributed by atoms with Gasteiger partial charge < -0.3 is 0 Å². The van der Waals surface area contributed by atoms with E-state index in [1.165, 1.54) is 12.0 Å². The van der Waals surface area contributed by atoms with Crippen molar-refractivity contribution in [1.29, 1.82) is 0 Å². The Kier molecular flexibility index (Phi) is 4.49. The smallest absolute Gasteiger partial charge is 0.00429 e. The van der Waals surface area contributed by atoms with Gasteiger partial charge in [0.25, 0.3) is 0 Å². The lowest BCUT2D eigenvalue weighted by atomic mass is 10.2. The van der Waals surface area contributed by atoms with Gasteiger partial charge >= 0.3 is 0 Å². The van der Waals surface area contributed by atoms with E-state index in [-0.39, 0.29) is 0 Å². The van der Waals surface area contributed by atoms with Gasteiger partial charge in [0.05, 0.1) is 0 Å². The zero-order valence-electron chi connectivity index (χ0n) is 7.96. The average Bonchev–Trinajstić information content (AvgIpc) is 2.19. The molecule has 0 aliphatic rings. The van der Waals surface area contributed by atoms with E-state index in [1.807, 2.05) is 30.4 Å². The van der Waals surface area contributed by atoms with Gasteiger partial charge in [-0.15, -0.1) is 0 Å². The van der Waals surface area contributed by atoms with Crippen LogP contribution in [0, 0.1) is 0 Å². The maximum Gasteiger partial charge on any atom is -0.00429 e. The van der Waals surface area contributed by atoms with Gasteiger partial charge in [-0.05, 0) is 24.1 Å². The molecule has 0 aromatic heterocycles. The molecular formula is C13H14. The molecule has 0 N–H and O–H groups in total. The molecule has 0 heterocycles. The Morgan fingerprint density at radius 1 is 1.15 bits per heavy atom. The molecule has 0 aliphatic heterocycles. The van der Waals surface area contributed by atoms with Gasteiger partial charge in [-0.2, -0.15) is 0 Å². The summed E-state index contributed by atoms with van der Waals surface area (Å²) in [6.45, 7) is 2.15. The lowest BCUT2D eigenvalue weighted by Crippen LogP contribution is -1.64. The van der Waals surface area contributed by atoms with Crippen molar-refractivity contribution in [2.45, 2.75) is 19.8 Å². The molecule has 0 bridgehead atoms. The molecule has 0 spiro atoms. The summed E-state index contributed by atoms with van der Waals surface area (Å²) in [7, 11) is 0. The van der Waals surface area contributed by atoms with Crippen LogP contribution in [0.25, 0.3) is 6.08 Å². The predicted octanol–water partition coefficient (Wildman–Crippen LogP) is 3.81. The first-order chi connectivity index (χ1) is 6.43. The van der Waals surface area contributed by atoms with E-state index in [0.29, 0.717) is 0 Å². The fraction of sp³-hybridized carbons (Fsp3) is 0.231. The van der Waals surface area contributed by atoms with Gasteiger partial charge in [0.2, 0.25) is 0 Å². The summed E-state index contributed by atoms with van der Waals surface area (Å²) in [5, 5.41) is 0. The van der Waals surface area contributed by atoms with Crippen LogP contribution >= 0.6 is 0 Å². The quantitative estimate of drug-likeness (QED) is 0.605. The second-order valence-corrected chi connectivity index (χ2v) is 2.84. The highest BCUT2D eigenvalue weighted by Crippen LogP contribution is 1.98. The molecule has 0 nitrogen and oxygen atoms in total. The van der Waals surface area contributed by atoms with Gasteiger partial charge in [0.1, 0.15) is 0 Å². The molecule has 0 radical (unpaired) electrons. The van der Waals surface area contributed by atoms with Crippen LogP contribution in [-0.4, -0.2) is 0 Å². The van der Waals surface area contributed by atoms with E-state index in [9.17, 15) is 0 Å². The zero-order chi connectivity index (χ0) is 9.36. The molecule has 0 saturated carbocycles. The first kappa shape index (κ1) is 9.61. The third-order valence-electron chi connectivity index (χ3n) is 1.66. The molecule has 13 heavy (non-hydrogen) atoms. The number of unbranched alkanes of at least 4 members (excludes halogenated alkanes) is 1. The third-order valence-corrected chi connectivity index (χ3v) is 1.66. The minimum Gasteiger partial charge on any atom is -0.0746 e. The van der Waals surface area contributed by atoms with Gasteiger partial charge in [-0.3, -0.25) is 0 Å². The molecule has 0 aliphatic carbocycles. The minimum absolute atomic E-state index is 1.08. The second kappa shape index (κ2) is 6.08. The maximum absolute atomic E-state index is 3.01. The summed E-state index contributed by atoms with van der Waals surface area (Å²) in [4.78, 5) is 0. The molecule has 66 valence electrons. The van der Waals surface area contributed by atoms with Crippen molar-refractivity contribution in [2.24, 2.45) is 0 Å². The van der Waals surface area contributed by atoms with E-state index in [2.05, 4.69) is 30.5 Å². The van der Waals surface area contributed by atoms with Crippen molar-refractivity contribution in [3.8, 4) is 0 Å². The molecule has 1 rings (SSSR count). The number of benzene rings is 1. The highest BCUT2D eigenvalue weighted by Gasteiger charge is 1.78. The molecule has 0 atom stereocenters. The van der Waals surface area contributed by atoms with Gasteiger partial charge in [-0.1, -0.05) is 55.1 Å². The van der Waals surface area contributed by atoms with Crippen LogP contribution in [0.3, 0.4) is 0 Å². The lowest BCUT2D eigenvalue weighted by Gasteiger charge is -1.85. The SMILES string of the molecule is CCCC=C=C=Cc1ccccc1. The van der Waals surface area contributed by atoms with E-state index in [0.717, 1.165) is 6.42 Å². The minimum atomic E-state index is 1.08. The fourth-order valence-electron chi connectivity index (χ4n) is 0.950. The van der Waals surface area contributed by atoms with E-state index >= 15 is 0 Å². The van der Waals surface area contributed by atoms with Crippen LogP contribution in [0.4, 0.5) is 0 Å². The Bertz CT molecular complexity index is 320. The Morgan fingerprint density at radius 3 is 2.62 bits per heavy atom. The molecule has 1 aromatic rings. The van der Waals surface area contributed by atoms with Crippen LogP contribution in [0.5, 0.6) is 0 Å². The molecule has 1 aromatic carbocycles. The fourth-order valence-corrected chi connectivity index (χ4v) is 0.950. The molecular weight excluding hydrogens is 156 g/mol. The number of allylic oxidation sites excluding steroid dienone is 1. The highest BCUT2D eigenvalue weighted by molar-refractivity contribution is 5.47. The molecule has 0 saturated heterocycles. The normalized spacial score (nSPS) is 8.38. The summed E-state index contributed by atoms with van der Waals surface area (Å²) in [6.07, 6.45) is 6.20. The maximum atomic E-state index is 3.01. The van der Waals surface area contributed by atoms with Crippen LogP contribution in [0.2, 0.25) is 0 Å². The van der Waals surface area contributed by atoms with Gasteiger partial charge in [0.15, 0.2) is 0 Å². The molecule has 0 unspecified atom stereocenters. The van der Waals surface area contributed by atoms with Crippen molar-refractivity contribution >= 4 is 6.08 Å². The summed E-state index contributed by atoms with van der Waals surface area (Å²) in [6, 6.07) is 10.1. The number of hydrogen-bond acceptors (Lipinski definition) is 0. The summed E-state index contributed by atoms with van der Waals surface area (Å²) in [5.74, 6) is 0. The lowest BCUT2D eigenvalue weighted by molar-refractivity contribution is 0.960. The highest BCUT2D eigenvalue weighted by atomic mass is 13.8.